The fourth-order valence-electron chi connectivity index (χ4n) is 10.8. The van der Waals surface area contributed by atoms with Crippen LogP contribution in [-0.2, 0) is 0 Å². The Morgan fingerprint density at radius 2 is 0.625 bits per heavy atom. The van der Waals surface area contributed by atoms with Gasteiger partial charge in [0, 0.05) is 60.5 Å². The smallest absolute Gasteiger partial charge is 0.0947 e. The molecule has 14 aromatic rings. The average molecular weight is 816 g/mol. The summed E-state index contributed by atoms with van der Waals surface area (Å²) in [4.78, 5) is 5.07. The number of rotatable bonds is 5. The largest absolute Gasteiger partial charge is 0.308 e. The lowest BCUT2D eigenvalue weighted by Gasteiger charge is -2.24. The lowest BCUT2D eigenvalue weighted by atomic mass is 9.99. The maximum absolute atomic E-state index is 5.07. The van der Waals surface area contributed by atoms with Gasteiger partial charge in [0.1, 0.15) is 0 Å². The van der Waals surface area contributed by atoms with Crippen LogP contribution in [0, 0.1) is 0 Å². The van der Waals surface area contributed by atoms with Crippen LogP contribution < -0.4 is 0 Å². The third kappa shape index (κ3) is 4.81. The Bertz CT molecular complexity index is 3900. The molecule has 0 saturated carbocycles. The molecule has 0 aliphatic heterocycles. The zero-order chi connectivity index (χ0) is 41.9. The minimum Gasteiger partial charge on any atom is -0.308 e. The van der Waals surface area contributed by atoms with Crippen molar-refractivity contribution in [1.82, 2.24) is 23.3 Å². The van der Waals surface area contributed by atoms with E-state index in [1.165, 1.54) is 43.1 Å². The van der Waals surface area contributed by atoms with Crippen LogP contribution in [0.5, 0.6) is 0 Å². The Morgan fingerprint density at radius 3 is 1.05 bits per heavy atom. The van der Waals surface area contributed by atoms with E-state index in [4.69, 9.17) is 4.98 Å². The summed E-state index contributed by atoms with van der Waals surface area (Å²) in [5.74, 6) is 0. The molecule has 0 unspecified atom stereocenters. The number of hydrogen-bond acceptors (Lipinski definition) is 1. The molecule has 0 aliphatic rings. The highest BCUT2D eigenvalue weighted by molar-refractivity contribution is 6.17. The lowest BCUT2D eigenvalue weighted by Crippen LogP contribution is -2.10. The molecule has 0 atom stereocenters. The first-order valence-corrected chi connectivity index (χ1v) is 21.9. The first kappa shape index (κ1) is 35.0. The van der Waals surface area contributed by atoms with Gasteiger partial charge in [-0.1, -0.05) is 146 Å². The molecule has 5 heteroatoms. The molecule has 0 aliphatic carbocycles. The zero-order valence-electron chi connectivity index (χ0n) is 34.6. The number of benzene rings is 9. The lowest BCUT2D eigenvalue weighted by molar-refractivity contribution is 1.05. The maximum Gasteiger partial charge on any atom is 0.0947 e. The van der Waals surface area contributed by atoms with Gasteiger partial charge < -0.3 is 18.3 Å². The third-order valence-electron chi connectivity index (χ3n) is 13.4. The molecule has 0 amide bonds. The summed E-state index contributed by atoms with van der Waals surface area (Å²) < 4.78 is 9.89. The standard InChI is InChI=1S/C59H37N5/c1-2-18-39(19-3-1)61-54-33-17-10-26-46(54)58-47(36-60-37-57(58)61)38-34-55(62-48-27-11-4-20-40(48)41-21-5-12-28-49(41)62)59(64-52-31-15-8-24-44(52)45-25-9-16-32-53(45)64)56(35-38)63-50-29-13-6-22-42(50)43-23-7-14-30-51(43)63/h1-37H. The average Bonchev–Trinajstić information content (AvgIpc) is 4.09. The van der Waals surface area contributed by atoms with E-state index in [0.29, 0.717) is 0 Å². The summed E-state index contributed by atoms with van der Waals surface area (Å²) in [6.07, 6.45) is 4.10. The molecule has 0 spiro atoms. The fraction of sp³-hybridized carbons (Fsp3) is 0. The van der Waals surface area contributed by atoms with E-state index in [1.54, 1.807) is 0 Å². The van der Waals surface area contributed by atoms with Crippen molar-refractivity contribution < 1.29 is 0 Å². The van der Waals surface area contributed by atoms with Crippen molar-refractivity contribution in [3.05, 3.63) is 225 Å². The molecule has 64 heavy (non-hydrogen) atoms. The van der Waals surface area contributed by atoms with Crippen LogP contribution in [-0.4, -0.2) is 23.3 Å². The van der Waals surface area contributed by atoms with Gasteiger partial charge in [-0.3, -0.25) is 4.98 Å². The Labute approximate surface area is 367 Å². The molecule has 0 fully saturated rings. The van der Waals surface area contributed by atoms with Crippen molar-refractivity contribution in [1.29, 1.82) is 0 Å². The van der Waals surface area contributed by atoms with Crippen LogP contribution in [0.2, 0.25) is 0 Å². The van der Waals surface area contributed by atoms with E-state index < -0.39 is 0 Å². The SMILES string of the molecule is c1ccc(-n2c3ccccc3c3c(-c4cc(-n5c6ccccc6c6ccccc65)c(-n5c6ccccc6c6ccccc65)c(-n5c6ccccc6c6ccccc65)c4)cncc32)cc1. The Kier molecular flexibility index (Phi) is 7.33. The number of hydrogen-bond donors (Lipinski definition) is 0. The first-order chi connectivity index (χ1) is 31.8. The summed E-state index contributed by atoms with van der Waals surface area (Å²) in [5, 5.41) is 9.63. The van der Waals surface area contributed by atoms with E-state index in [1.807, 2.05) is 6.20 Å². The van der Waals surface area contributed by atoms with Crippen molar-refractivity contribution in [2.45, 2.75) is 0 Å². The molecule has 5 heterocycles. The van der Waals surface area contributed by atoms with Crippen molar-refractivity contribution in [3.8, 4) is 33.9 Å². The summed E-state index contributed by atoms with van der Waals surface area (Å²) in [5.41, 5.74) is 15.6. The van der Waals surface area contributed by atoms with Crippen molar-refractivity contribution in [2.24, 2.45) is 0 Å². The van der Waals surface area contributed by atoms with Gasteiger partial charge in [0.2, 0.25) is 0 Å². The summed E-state index contributed by atoms with van der Waals surface area (Å²) >= 11 is 0. The fourth-order valence-corrected chi connectivity index (χ4v) is 10.8. The van der Waals surface area contributed by atoms with Gasteiger partial charge in [-0.05, 0) is 72.3 Å². The maximum atomic E-state index is 5.07. The van der Waals surface area contributed by atoms with E-state index in [-0.39, 0.29) is 0 Å². The second kappa shape index (κ2) is 13.4. The van der Waals surface area contributed by atoms with Gasteiger partial charge in [0.25, 0.3) is 0 Å². The molecule has 298 valence electrons. The number of para-hydroxylation sites is 8. The van der Waals surface area contributed by atoms with E-state index in [0.717, 1.165) is 78.0 Å². The second-order valence-corrected chi connectivity index (χ2v) is 16.7. The quantitative estimate of drug-likeness (QED) is 0.170. The number of aromatic nitrogens is 5. The normalized spacial score (nSPS) is 12.1. The summed E-state index contributed by atoms with van der Waals surface area (Å²) in [6, 6.07) is 77.4. The molecular weight excluding hydrogens is 779 g/mol. The monoisotopic (exact) mass is 815 g/mol. The van der Waals surface area contributed by atoms with E-state index in [2.05, 4.69) is 237 Å². The first-order valence-electron chi connectivity index (χ1n) is 21.9. The van der Waals surface area contributed by atoms with Crippen LogP contribution in [0.3, 0.4) is 0 Å². The molecule has 9 aromatic carbocycles. The van der Waals surface area contributed by atoms with Crippen molar-refractivity contribution in [2.75, 3.05) is 0 Å². The highest BCUT2D eigenvalue weighted by Gasteiger charge is 2.27. The second-order valence-electron chi connectivity index (χ2n) is 16.7. The Balaban J connectivity index is 1.24. The minimum absolute atomic E-state index is 1.06. The highest BCUT2D eigenvalue weighted by Crippen LogP contribution is 2.46. The van der Waals surface area contributed by atoms with Crippen LogP contribution in [0.1, 0.15) is 0 Å². The predicted octanol–water partition coefficient (Wildman–Crippen LogP) is 15.1. The topological polar surface area (TPSA) is 32.6 Å². The summed E-state index contributed by atoms with van der Waals surface area (Å²) in [6.45, 7) is 0. The van der Waals surface area contributed by atoms with Crippen LogP contribution >= 0.6 is 0 Å². The molecular formula is C59H37N5. The van der Waals surface area contributed by atoms with E-state index in [9.17, 15) is 0 Å². The molecule has 0 N–H and O–H groups in total. The van der Waals surface area contributed by atoms with Crippen LogP contribution in [0.4, 0.5) is 0 Å². The van der Waals surface area contributed by atoms with Crippen molar-refractivity contribution in [3.63, 3.8) is 0 Å². The molecule has 5 nitrogen and oxygen atoms in total. The number of fused-ring (bicyclic) bond motifs is 12. The number of nitrogens with zero attached hydrogens (tertiary/aromatic N) is 5. The Hall–Kier alpha value is -8.67. The minimum atomic E-state index is 1.06. The molecule has 5 aromatic heterocycles. The third-order valence-corrected chi connectivity index (χ3v) is 13.4. The van der Waals surface area contributed by atoms with Gasteiger partial charge in [0.15, 0.2) is 0 Å². The van der Waals surface area contributed by atoms with Gasteiger partial charge >= 0.3 is 0 Å². The number of pyridine rings is 1. The predicted molar refractivity (Wildman–Crippen MR) is 267 cm³/mol. The Morgan fingerprint density at radius 1 is 0.281 bits per heavy atom. The van der Waals surface area contributed by atoms with Gasteiger partial charge in [0.05, 0.1) is 67.4 Å². The van der Waals surface area contributed by atoms with Crippen LogP contribution in [0.15, 0.2) is 225 Å². The van der Waals surface area contributed by atoms with E-state index >= 15 is 0 Å². The summed E-state index contributed by atoms with van der Waals surface area (Å²) in [7, 11) is 0. The highest BCUT2D eigenvalue weighted by atomic mass is 15.1. The molecule has 0 saturated heterocycles. The van der Waals surface area contributed by atoms with Gasteiger partial charge in [-0.2, -0.15) is 0 Å². The van der Waals surface area contributed by atoms with Gasteiger partial charge in [-0.25, -0.2) is 0 Å². The molecule has 0 bridgehead atoms. The van der Waals surface area contributed by atoms with Crippen LogP contribution in [0.25, 0.3) is 121 Å². The zero-order valence-corrected chi connectivity index (χ0v) is 34.6. The molecule has 0 radical (unpaired) electrons. The van der Waals surface area contributed by atoms with Crippen molar-refractivity contribution >= 4 is 87.2 Å². The van der Waals surface area contributed by atoms with Gasteiger partial charge in [-0.15, -0.1) is 0 Å². The molecule has 14 rings (SSSR count).